The Labute approximate surface area is 127 Å². The summed E-state index contributed by atoms with van der Waals surface area (Å²) in [4.78, 5) is 3.86. The van der Waals surface area contributed by atoms with E-state index in [2.05, 4.69) is 26.1 Å². The molecule has 2 aromatic rings. The van der Waals surface area contributed by atoms with Crippen LogP contribution in [-0.4, -0.2) is 15.2 Å². The number of aliphatic hydroxyl groups excluding tert-OH is 1. The lowest BCUT2D eigenvalue weighted by molar-refractivity contribution is -0.137. The summed E-state index contributed by atoms with van der Waals surface area (Å²) in [5.41, 5.74) is -1.09. The van der Waals surface area contributed by atoms with Gasteiger partial charge in [-0.2, -0.15) is 18.2 Å². The normalized spacial score (nSPS) is 13.4. The van der Waals surface area contributed by atoms with Crippen molar-refractivity contribution in [1.82, 2.24) is 10.1 Å². The van der Waals surface area contributed by atoms with E-state index in [9.17, 15) is 18.3 Å². The third-order valence-corrected chi connectivity index (χ3v) is 3.31. The molecule has 1 heterocycles. The van der Waals surface area contributed by atoms with Gasteiger partial charge in [0.15, 0.2) is 0 Å². The number of hydrogen-bond donors (Lipinski definition) is 1. The van der Waals surface area contributed by atoms with E-state index in [1.54, 1.807) is 0 Å². The highest BCUT2D eigenvalue weighted by atomic mass is 79.9. The molecule has 0 spiro atoms. The highest BCUT2D eigenvalue weighted by Gasteiger charge is 2.35. The van der Waals surface area contributed by atoms with Crippen molar-refractivity contribution in [2.75, 3.05) is 0 Å². The topological polar surface area (TPSA) is 59.2 Å². The molecule has 0 aliphatic carbocycles. The fourth-order valence-corrected chi connectivity index (χ4v) is 2.18. The SMILES string of the molecule is CCCC(O)c1noc(-c2ccc(Br)cc2C(F)(F)F)n1. The van der Waals surface area contributed by atoms with E-state index in [1.807, 2.05) is 6.92 Å². The second-order valence-corrected chi connectivity index (χ2v) is 5.37. The summed E-state index contributed by atoms with van der Waals surface area (Å²) < 4.78 is 44.3. The third kappa shape index (κ3) is 3.62. The van der Waals surface area contributed by atoms with Gasteiger partial charge in [0.1, 0.15) is 6.10 Å². The number of alkyl halides is 3. The minimum atomic E-state index is -4.55. The highest BCUT2D eigenvalue weighted by molar-refractivity contribution is 9.10. The fourth-order valence-electron chi connectivity index (χ4n) is 1.82. The molecular weight excluding hydrogens is 353 g/mol. The van der Waals surface area contributed by atoms with Crippen LogP contribution in [0.5, 0.6) is 0 Å². The standard InChI is InChI=1S/C13H12BrF3N2O2/c1-2-3-10(20)11-18-12(21-19-11)8-5-4-7(14)6-9(8)13(15,16)17/h4-6,10,20H,2-3H2,1H3. The predicted molar refractivity (Wildman–Crippen MR) is 72.3 cm³/mol. The summed E-state index contributed by atoms with van der Waals surface area (Å²) in [6.07, 6.45) is -4.39. The molecule has 0 bridgehead atoms. The van der Waals surface area contributed by atoms with E-state index in [1.165, 1.54) is 12.1 Å². The first-order valence-electron chi connectivity index (χ1n) is 6.21. The van der Waals surface area contributed by atoms with E-state index in [0.717, 1.165) is 6.07 Å². The molecule has 0 saturated carbocycles. The molecule has 2 rings (SSSR count). The molecule has 1 unspecified atom stereocenters. The van der Waals surface area contributed by atoms with Crippen molar-refractivity contribution in [2.24, 2.45) is 0 Å². The molecule has 4 nitrogen and oxygen atoms in total. The van der Waals surface area contributed by atoms with Crippen LogP contribution in [-0.2, 0) is 6.18 Å². The zero-order valence-electron chi connectivity index (χ0n) is 11.0. The minimum absolute atomic E-state index is 0.0112. The zero-order valence-corrected chi connectivity index (χ0v) is 12.6. The van der Waals surface area contributed by atoms with Gasteiger partial charge in [0.05, 0.1) is 11.1 Å². The largest absolute Gasteiger partial charge is 0.417 e. The zero-order chi connectivity index (χ0) is 15.6. The lowest BCUT2D eigenvalue weighted by atomic mass is 10.1. The molecule has 0 aliphatic rings. The maximum Gasteiger partial charge on any atom is 0.417 e. The van der Waals surface area contributed by atoms with Crippen LogP contribution in [0.2, 0.25) is 0 Å². The lowest BCUT2D eigenvalue weighted by Gasteiger charge is -2.10. The first-order chi connectivity index (χ1) is 9.82. The molecule has 0 amide bonds. The summed E-state index contributed by atoms with van der Waals surface area (Å²) in [6, 6.07) is 3.65. The number of halogens is 4. The summed E-state index contributed by atoms with van der Waals surface area (Å²) in [5, 5.41) is 13.3. The molecule has 1 atom stereocenters. The first-order valence-corrected chi connectivity index (χ1v) is 7.01. The van der Waals surface area contributed by atoms with Gasteiger partial charge in [-0.25, -0.2) is 0 Å². The van der Waals surface area contributed by atoms with Crippen molar-refractivity contribution in [1.29, 1.82) is 0 Å². The minimum Gasteiger partial charge on any atom is -0.385 e. The molecule has 1 aromatic heterocycles. The maximum atomic E-state index is 13.0. The van der Waals surface area contributed by atoms with Crippen LogP contribution in [0.4, 0.5) is 13.2 Å². The molecule has 1 N–H and O–H groups in total. The van der Waals surface area contributed by atoms with Crippen LogP contribution in [0.3, 0.4) is 0 Å². The Morgan fingerprint density at radius 1 is 1.38 bits per heavy atom. The molecule has 21 heavy (non-hydrogen) atoms. The van der Waals surface area contributed by atoms with Crippen LogP contribution in [0, 0.1) is 0 Å². The van der Waals surface area contributed by atoms with Gasteiger partial charge in [0, 0.05) is 4.47 Å². The molecule has 0 fully saturated rings. The van der Waals surface area contributed by atoms with Crippen molar-refractivity contribution in [3.63, 3.8) is 0 Å². The van der Waals surface area contributed by atoms with Crippen molar-refractivity contribution in [3.05, 3.63) is 34.1 Å². The number of hydrogen-bond acceptors (Lipinski definition) is 4. The van der Waals surface area contributed by atoms with Crippen molar-refractivity contribution < 1.29 is 22.8 Å². The summed E-state index contributed by atoms with van der Waals surface area (Å²) in [6.45, 7) is 1.86. The van der Waals surface area contributed by atoms with E-state index >= 15 is 0 Å². The van der Waals surface area contributed by atoms with Gasteiger partial charge >= 0.3 is 6.18 Å². The number of aliphatic hydroxyl groups is 1. The van der Waals surface area contributed by atoms with Gasteiger partial charge in [-0.15, -0.1) is 0 Å². The van der Waals surface area contributed by atoms with Crippen LogP contribution in [0.15, 0.2) is 27.2 Å². The average molecular weight is 365 g/mol. The molecule has 0 radical (unpaired) electrons. The second-order valence-electron chi connectivity index (χ2n) is 4.45. The second kappa shape index (κ2) is 6.15. The quantitative estimate of drug-likeness (QED) is 0.875. The average Bonchev–Trinajstić information content (AvgIpc) is 2.87. The Kier molecular flexibility index (Phi) is 4.67. The third-order valence-electron chi connectivity index (χ3n) is 2.82. The van der Waals surface area contributed by atoms with Gasteiger partial charge in [-0.05, 0) is 24.6 Å². The number of nitrogens with zero attached hydrogens (tertiary/aromatic N) is 2. The lowest BCUT2D eigenvalue weighted by Crippen LogP contribution is -2.07. The molecule has 0 aliphatic heterocycles. The maximum absolute atomic E-state index is 13.0. The van der Waals surface area contributed by atoms with Gasteiger partial charge in [-0.3, -0.25) is 0 Å². The molecular formula is C13H12BrF3N2O2. The monoisotopic (exact) mass is 364 g/mol. The Bertz CT molecular complexity index is 628. The number of benzene rings is 1. The van der Waals surface area contributed by atoms with Crippen LogP contribution in [0.25, 0.3) is 11.5 Å². The van der Waals surface area contributed by atoms with Crippen molar-refractivity contribution in [3.8, 4) is 11.5 Å². The summed E-state index contributed by atoms with van der Waals surface area (Å²) in [5.74, 6) is -0.275. The van der Waals surface area contributed by atoms with Gasteiger partial charge < -0.3 is 9.63 Å². The Morgan fingerprint density at radius 2 is 2.10 bits per heavy atom. The van der Waals surface area contributed by atoms with Gasteiger partial charge in [-0.1, -0.05) is 34.4 Å². The molecule has 0 saturated heterocycles. The van der Waals surface area contributed by atoms with Crippen molar-refractivity contribution >= 4 is 15.9 Å². The van der Waals surface area contributed by atoms with E-state index in [0.29, 0.717) is 17.3 Å². The van der Waals surface area contributed by atoms with Gasteiger partial charge in [0.25, 0.3) is 5.89 Å². The number of rotatable bonds is 4. The van der Waals surface area contributed by atoms with Crippen LogP contribution < -0.4 is 0 Å². The van der Waals surface area contributed by atoms with E-state index < -0.39 is 17.8 Å². The Morgan fingerprint density at radius 3 is 2.71 bits per heavy atom. The summed E-state index contributed by atoms with van der Waals surface area (Å²) in [7, 11) is 0. The number of aromatic nitrogens is 2. The van der Waals surface area contributed by atoms with E-state index in [4.69, 9.17) is 4.52 Å². The fraction of sp³-hybridized carbons (Fsp3) is 0.385. The smallest absolute Gasteiger partial charge is 0.385 e. The first kappa shape index (κ1) is 16.0. The van der Waals surface area contributed by atoms with Gasteiger partial charge in [0.2, 0.25) is 5.82 Å². The van der Waals surface area contributed by atoms with Crippen molar-refractivity contribution in [2.45, 2.75) is 32.0 Å². The predicted octanol–water partition coefficient (Wildman–Crippen LogP) is 4.35. The highest BCUT2D eigenvalue weighted by Crippen LogP contribution is 2.38. The van der Waals surface area contributed by atoms with Crippen LogP contribution >= 0.6 is 15.9 Å². The Balaban J connectivity index is 2.43. The Hall–Kier alpha value is -1.41. The van der Waals surface area contributed by atoms with E-state index in [-0.39, 0.29) is 17.3 Å². The summed E-state index contributed by atoms with van der Waals surface area (Å²) >= 11 is 3.00. The molecule has 8 heteroatoms. The van der Waals surface area contributed by atoms with Crippen LogP contribution in [0.1, 0.15) is 37.3 Å². The molecule has 1 aromatic carbocycles. The molecule has 114 valence electrons.